The average molecular weight is 710 g/mol. The largest absolute Gasteiger partial charge is 0.391 e. The molecule has 0 saturated carbocycles. The number of aliphatic hydroxyl groups excluding tert-OH is 1. The van der Waals surface area contributed by atoms with Crippen LogP contribution < -0.4 is 5.32 Å². The summed E-state index contributed by atoms with van der Waals surface area (Å²) in [6, 6.07) is -0.973. The van der Waals surface area contributed by atoms with Crippen molar-refractivity contribution >= 4 is 16.0 Å². The Balaban J connectivity index is 3.84. The number of allylic oxidation sites excluding steroid dienone is 6. The third-order valence-electron chi connectivity index (χ3n) is 9.35. The van der Waals surface area contributed by atoms with E-state index in [1.54, 1.807) is 0 Å². The molecule has 0 aromatic carbocycles. The lowest BCUT2D eigenvalue weighted by atomic mass is 10.0. The minimum absolute atomic E-state index is 0.254. The van der Waals surface area contributed by atoms with Crippen LogP contribution in [0.25, 0.3) is 0 Å². The lowest BCUT2D eigenvalue weighted by molar-refractivity contribution is -0.122. The van der Waals surface area contributed by atoms with Crippen molar-refractivity contribution in [2.75, 3.05) is 5.75 Å². The maximum atomic E-state index is 12.5. The molecule has 288 valence electrons. The van der Waals surface area contributed by atoms with Gasteiger partial charge in [-0.15, -0.1) is 0 Å². The number of rotatable bonds is 37. The van der Waals surface area contributed by atoms with Crippen molar-refractivity contribution in [2.24, 2.45) is 0 Å². The van der Waals surface area contributed by atoms with Crippen molar-refractivity contribution in [3.8, 4) is 0 Å². The minimum Gasteiger partial charge on any atom is -0.391 e. The molecular weight excluding hydrogens is 631 g/mol. The first kappa shape index (κ1) is 47.6. The standard InChI is InChI=1S/C42H79NO5S/c1-3-5-7-9-11-13-15-16-17-18-19-20-21-22-23-24-25-26-28-30-32-34-36-38-42(45)43-40(39-49(46,47)48)41(44)37-35-33-31-29-27-14-12-10-8-6-4-2/h15-16,18-19,21-22,40-41,44H,3-14,17,20,23-39H2,1-2H3,(H,43,45)(H,46,47,48)/b16-15-,19-18-,22-21-. The van der Waals surface area contributed by atoms with Crippen LogP contribution in [0.3, 0.4) is 0 Å². The molecule has 6 nitrogen and oxygen atoms in total. The molecule has 0 rings (SSSR count). The van der Waals surface area contributed by atoms with Crippen LogP contribution in [-0.4, -0.2) is 41.9 Å². The quantitative estimate of drug-likeness (QED) is 0.0338. The summed E-state index contributed by atoms with van der Waals surface area (Å²) in [6.07, 6.45) is 46.7. The fourth-order valence-corrected chi connectivity index (χ4v) is 6.98. The van der Waals surface area contributed by atoms with Gasteiger partial charge in [-0.1, -0.05) is 185 Å². The molecule has 0 saturated heterocycles. The molecule has 1 amide bonds. The summed E-state index contributed by atoms with van der Waals surface area (Å²) in [5.41, 5.74) is 0. The zero-order valence-corrected chi connectivity index (χ0v) is 32.9. The Bertz CT molecular complexity index is 914. The van der Waals surface area contributed by atoms with Gasteiger partial charge in [0.15, 0.2) is 0 Å². The first-order valence-corrected chi connectivity index (χ1v) is 22.3. The highest BCUT2D eigenvalue weighted by Gasteiger charge is 2.26. The molecule has 2 atom stereocenters. The smallest absolute Gasteiger partial charge is 0.266 e. The second kappa shape index (κ2) is 36.4. The number of unbranched alkanes of at least 4 members (excludes halogenated alkanes) is 23. The van der Waals surface area contributed by atoms with Crippen LogP contribution >= 0.6 is 0 Å². The van der Waals surface area contributed by atoms with E-state index in [0.717, 1.165) is 57.8 Å². The molecule has 0 spiro atoms. The zero-order valence-electron chi connectivity index (χ0n) is 32.1. The van der Waals surface area contributed by atoms with Gasteiger partial charge in [0.25, 0.3) is 10.1 Å². The van der Waals surface area contributed by atoms with E-state index in [-0.39, 0.29) is 5.91 Å². The van der Waals surface area contributed by atoms with Crippen LogP contribution in [-0.2, 0) is 14.9 Å². The maximum absolute atomic E-state index is 12.5. The molecule has 0 fully saturated rings. The molecule has 0 aliphatic carbocycles. The number of amides is 1. The van der Waals surface area contributed by atoms with Gasteiger partial charge in [-0.25, -0.2) is 0 Å². The van der Waals surface area contributed by atoms with Crippen molar-refractivity contribution in [3.05, 3.63) is 36.5 Å². The fraction of sp³-hybridized carbons (Fsp3) is 0.833. The molecule has 0 aliphatic heterocycles. The van der Waals surface area contributed by atoms with E-state index >= 15 is 0 Å². The predicted octanol–water partition coefficient (Wildman–Crippen LogP) is 12.1. The molecule has 7 heteroatoms. The third-order valence-corrected chi connectivity index (χ3v) is 10.1. The Hall–Kier alpha value is -1.44. The molecule has 0 heterocycles. The predicted molar refractivity (Wildman–Crippen MR) is 212 cm³/mol. The number of aliphatic hydroxyl groups is 1. The van der Waals surface area contributed by atoms with E-state index in [9.17, 15) is 22.9 Å². The molecule has 0 aliphatic rings. The molecule has 2 unspecified atom stereocenters. The van der Waals surface area contributed by atoms with Crippen LogP contribution in [0.5, 0.6) is 0 Å². The Labute approximate surface area is 304 Å². The van der Waals surface area contributed by atoms with Gasteiger partial charge in [-0.3, -0.25) is 9.35 Å². The second-order valence-electron chi connectivity index (χ2n) is 14.3. The molecule has 0 radical (unpaired) electrons. The number of carbonyl (C=O) groups is 1. The van der Waals surface area contributed by atoms with Crippen molar-refractivity contribution < 1.29 is 22.9 Å². The average Bonchev–Trinajstić information content (AvgIpc) is 3.06. The van der Waals surface area contributed by atoms with E-state index < -0.39 is 28.0 Å². The van der Waals surface area contributed by atoms with Crippen LogP contribution in [0.4, 0.5) is 0 Å². The Morgan fingerprint density at radius 2 is 0.918 bits per heavy atom. The summed E-state index contributed by atoms with van der Waals surface area (Å²) in [5, 5.41) is 13.3. The maximum Gasteiger partial charge on any atom is 0.266 e. The van der Waals surface area contributed by atoms with E-state index in [2.05, 4.69) is 55.6 Å². The molecule has 49 heavy (non-hydrogen) atoms. The molecule has 0 aromatic rings. The number of carbonyl (C=O) groups excluding carboxylic acids is 1. The van der Waals surface area contributed by atoms with Gasteiger partial charge in [0.05, 0.1) is 17.9 Å². The summed E-state index contributed by atoms with van der Waals surface area (Å²) in [7, 11) is -4.31. The number of hydrogen-bond acceptors (Lipinski definition) is 4. The van der Waals surface area contributed by atoms with Crippen molar-refractivity contribution in [2.45, 2.75) is 219 Å². The lowest BCUT2D eigenvalue weighted by Gasteiger charge is -2.23. The van der Waals surface area contributed by atoms with Gasteiger partial charge < -0.3 is 10.4 Å². The highest BCUT2D eigenvalue weighted by molar-refractivity contribution is 7.85. The van der Waals surface area contributed by atoms with Crippen molar-refractivity contribution in [1.82, 2.24) is 5.32 Å². The summed E-state index contributed by atoms with van der Waals surface area (Å²) < 4.78 is 32.5. The minimum atomic E-state index is -4.31. The van der Waals surface area contributed by atoms with E-state index in [0.29, 0.717) is 12.8 Å². The van der Waals surface area contributed by atoms with E-state index in [4.69, 9.17) is 0 Å². The summed E-state index contributed by atoms with van der Waals surface area (Å²) in [4.78, 5) is 12.5. The van der Waals surface area contributed by atoms with Gasteiger partial charge in [-0.2, -0.15) is 8.42 Å². The molecular formula is C42H79NO5S. The number of nitrogens with one attached hydrogen (secondary N) is 1. The monoisotopic (exact) mass is 710 g/mol. The van der Waals surface area contributed by atoms with Gasteiger partial charge >= 0.3 is 0 Å². The first-order chi connectivity index (χ1) is 23.8. The van der Waals surface area contributed by atoms with Gasteiger partial charge in [0.2, 0.25) is 5.91 Å². The van der Waals surface area contributed by atoms with E-state index in [1.807, 2.05) is 0 Å². The van der Waals surface area contributed by atoms with E-state index in [1.165, 1.54) is 122 Å². The fourth-order valence-electron chi connectivity index (χ4n) is 6.23. The molecule has 0 aromatic heterocycles. The summed E-state index contributed by atoms with van der Waals surface area (Å²) in [5.74, 6) is -0.905. The van der Waals surface area contributed by atoms with Crippen molar-refractivity contribution in [3.63, 3.8) is 0 Å². The second-order valence-corrected chi connectivity index (χ2v) is 15.8. The number of hydrogen-bond donors (Lipinski definition) is 3. The normalized spacial score (nSPS) is 13.6. The summed E-state index contributed by atoms with van der Waals surface area (Å²) in [6.45, 7) is 4.49. The highest BCUT2D eigenvalue weighted by Crippen LogP contribution is 2.15. The van der Waals surface area contributed by atoms with Gasteiger partial charge in [0, 0.05) is 6.42 Å². The molecule has 3 N–H and O–H groups in total. The topological polar surface area (TPSA) is 104 Å². The van der Waals surface area contributed by atoms with Crippen LogP contribution in [0.1, 0.15) is 206 Å². The Morgan fingerprint density at radius 3 is 1.35 bits per heavy atom. The Kier molecular flexibility index (Phi) is 35.3. The molecule has 0 bridgehead atoms. The van der Waals surface area contributed by atoms with Crippen LogP contribution in [0.2, 0.25) is 0 Å². The zero-order chi connectivity index (χ0) is 36.1. The van der Waals surface area contributed by atoms with Crippen molar-refractivity contribution in [1.29, 1.82) is 0 Å². The van der Waals surface area contributed by atoms with Crippen LogP contribution in [0, 0.1) is 0 Å². The SMILES string of the molecule is CCCCCCC/C=C\C/C=C\C/C=C\CCCCCCCCCCC(=O)NC(CS(=O)(=O)O)C(O)CCCCCCCCCCCCC. The van der Waals surface area contributed by atoms with Gasteiger partial charge in [0.1, 0.15) is 0 Å². The lowest BCUT2D eigenvalue weighted by Crippen LogP contribution is -2.47. The first-order valence-electron chi connectivity index (χ1n) is 20.7. The highest BCUT2D eigenvalue weighted by atomic mass is 32.2. The summed E-state index contributed by atoms with van der Waals surface area (Å²) >= 11 is 0. The van der Waals surface area contributed by atoms with Gasteiger partial charge in [-0.05, 0) is 51.4 Å². The Morgan fingerprint density at radius 1 is 0.551 bits per heavy atom. The third kappa shape index (κ3) is 37.6. The van der Waals surface area contributed by atoms with Crippen LogP contribution in [0.15, 0.2) is 36.5 Å².